The van der Waals surface area contributed by atoms with Gasteiger partial charge in [0, 0.05) is 30.3 Å². The fourth-order valence-electron chi connectivity index (χ4n) is 1.53. The first kappa shape index (κ1) is 12.6. The molecule has 0 aliphatic carbocycles. The molecule has 0 spiro atoms. The van der Waals surface area contributed by atoms with E-state index in [9.17, 15) is 9.59 Å². The molecule has 1 aromatic heterocycles. The van der Waals surface area contributed by atoms with Crippen molar-refractivity contribution in [3.63, 3.8) is 0 Å². The number of benzene rings is 1. The summed E-state index contributed by atoms with van der Waals surface area (Å²) in [6, 6.07) is 8.96. The van der Waals surface area contributed by atoms with Gasteiger partial charge in [0.05, 0.1) is 0 Å². The zero-order valence-corrected chi connectivity index (χ0v) is 11.6. The molecule has 18 heavy (non-hydrogen) atoms. The second-order valence-electron chi connectivity index (χ2n) is 3.89. The summed E-state index contributed by atoms with van der Waals surface area (Å²) in [6.07, 6.45) is 0. The second kappa shape index (κ2) is 4.81. The van der Waals surface area contributed by atoms with Crippen molar-refractivity contribution in [3.05, 3.63) is 55.6 Å². The Morgan fingerprint density at radius 1 is 1.22 bits per heavy atom. The van der Waals surface area contributed by atoms with Crippen molar-refractivity contribution < 1.29 is 0 Å². The molecule has 0 aliphatic heterocycles. The summed E-state index contributed by atoms with van der Waals surface area (Å²) < 4.78 is 2.00. The van der Waals surface area contributed by atoms with Crippen LogP contribution in [0, 0.1) is 0 Å². The molecule has 5 nitrogen and oxygen atoms in total. The van der Waals surface area contributed by atoms with Crippen LogP contribution in [0.1, 0.15) is 0 Å². The minimum atomic E-state index is -0.429. The molecule has 2 rings (SSSR count). The lowest BCUT2D eigenvalue weighted by atomic mass is 10.3. The second-order valence-corrected chi connectivity index (χ2v) is 4.81. The summed E-state index contributed by atoms with van der Waals surface area (Å²) in [5.41, 5.74) is 0.112. The van der Waals surface area contributed by atoms with Crippen molar-refractivity contribution in [2.75, 3.05) is 11.9 Å². The van der Waals surface area contributed by atoms with Gasteiger partial charge in [-0.05, 0) is 24.3 Å². The van der Waals surface area contributed by atoms with Gasteiger partial charge in [0.2, 0.25) is 0 Å². The van der Waals surface area contributed by atoms with E-state index in [0.717, 1.165) is 14.7 Å². The van der Waals surface area contributed by atoms with Crippen molar-refractivity contribution in [1.82, 2.24) is 9.55 Å². The molecular formula is C12H12BrN3O2. The van der Waals surface area contributed by atoms with E-state index in [1.165, 1.54) is 13.1 Å². The predicted molar refractivity (Wildman–Crippen MR) is 74.5 cm³/mol. The summed E-state index contributed by atoms with van der Waals surface area (Å²) in [6.45, 7) is 0. The van der Waals surface area contributed by atoms with Gasteiger partial charge in [0.25, 0.3) is 5.56 Å². The first-order chi connectivity index (χ1) is 8.49. The highest BCUT2D eigenvalue weighted by Gasteiger charge is 2.07. The summed E-state index contributed by atoms with van der Waals surface area (Å²) in [5.74, 6) is 0.463. The maximum atomic E-state index is 11.6. The van der Waals surface area contributed by atoms with Crippen LogP contribution in [0.15, 0.2) is 44.4 Å². The molecule has 1 aromatic carbocycles. The Balaban J connectivity index is 2.46. The molecule has 0 radical (unpaired) electrons. The molecule has 1 heterocycles. The van der Waals surface area contributed by atoms with Crippen molar-refractivity contribution in [1.29, 1.82) is 0 Å². The highest BCUT2D eigenvalue weighted by molar-refractivity contribution is 9.10. The quantitative estimate of drug-likeness (QED) is 0.917. The summed E-state index contributed by atoms with van der Waals surface area (Å²) >= 11 is 3.35. The van der Waals surface area contributed by atoms with Gasteiger partial charge < -0.3 is 4.90 Å². The Hall–Kier alpha value is -1.82. The van der Waals surface area contributed by atoms with E-state index in [-0.39, 0.29) is 5.56 Å². The monoisotopic (exact) mass is 309 g/mol. The highest BCUT2D eigenvalue weighted by Crippen LogP contribution is 2.21. The lowest BCUT2D eigenvalue weighted by molar-refractivity contribution is 0.773. The number of hydrogen-bond acceptors (Lipinski definition) is 3. The minimum Gasteiger partial charge on any atom is -0.331 e. The third-order valence-corrected chi connectivity index (χ3v) is 3.23. The minimum absolute atomic E-state index is 0.335. The van der Waals surface area contributed by atoms with Gasteiger partial charge >= 0.3 is 5.69 Å². The van der Waals surface area contributed by atoms with Crippen molar-refractivity contribution in [2.24, 2.45) is 7.05 Å². The van der Waals surface area contributed by atoms with Gasteiger partial charge in [-0.3, -0.25) is 14.3 Å². The van der Waals surface area contributed by atoms with E-state index in [4.69, 9.17) is 0 Å². The molecule has 0 atom stereocenters. The average molecular weight is 310 g/mol. The van der Waals surface area contributed by atoms with Crippen LogP contribution >= 0.6 is 15.9 Å². The van der Waals surface area contributed by atoms with E-state index in [1.807, 2.05) is 24.3 Å². The molecule has 0 amide bonds. The number of aromatic amines is 1. The molecular weight excluding hydrogens is 298 g/mol. The molecule has 0 saturated carbocycles. The molecule has 0 saturated heterocycles. The third-order valence-electron chi connectivity index (χ3n) is 2.71. The van der Waals surface area contributed by atoms with Gasteiger partial charge in [-0.25, -0.2) is 4.79 Å². The largest absolute Gasteiger partial charge is 0.331 e. The lowest BCUT2D eigenvalue weighted by Crippen LogP contribution is -2.33. The van der Waals surface area contributed by atoms with Gasteiger partial charge in [-0.15, -0.1) is 0 Å². The van der Waals surface area contributed by atoms with Crippen molar-refractivity contribution >= 4 is 27.4 Å². The number of rotatable bonds is 2. The molecule has 6 heteroatoms. The first-order valence-corrected chi connectivity index (χ1v) is 6.08. The molecule has 94 valence electrons. The van der Waals surface area contributed by atoms with Crippen LogP contribution < -0.4 is 16.1 Å². The SMILES string of the molecule is CN(c1ccc(Br)cc1)c1cc(=O)n(C)c(=O)[nH]1. The van der Waals surface area contributed by atoms with Crippen LogP contribution in [0.2, 0.25) is 0 Å². The van der Waals surface area contributed by atoms with Crippen LogP contribution in [0.25, 0.3) is 0 Å². The first-order valence-electron chi connectivity index (χ1n) is 5.28. The number of halogens is 1. The average Bonchev–Trinajstić information content (AvgIpc) is 2.35. The van der Waals surface area contributed by atoms with Gasteiger partial charge in [0.15, 0.2) is 0 Å². The molecule has 2 aromatic rings. The van der Waals surface area contributed by atoms with E-state index in [0.29, 0.717) is 5.82 Å². The Labute approximate surface area is 112 Å². The molecule has 0 fully saturated rings. The maximum absolute atomic E-state index is 11.6. The number of anilines is 2. The van der Waals surface area contributed by atoms with Gasteiger partial charge in [-0.1, -0.05) is 15.9 Å². The zero-order chi connectivity index (χ0) is 13.3. The van der Waals surface area contributed by atoms with Gasteiger partial charge in [-0.2, -0.15) is 0 Å². The molecule has 0 bridgehead atoms. The number of aromatic nitrogens is 2. The Morgan fingerprint density at radius 2 is 1.83 bits per heavy atom. The smallest absolute Gasteiger partial charge is 0.329 e. The normalized spacial score (nSPS) is 10.4. The fourth-order valence-corrected chi connectivity index (χ4v) is 1.79. The summed E-state index contributed by atoms with van der Waals surface area (Å²) in [7, 11) is 3.22. The van der Waals surface area contributed by atoms with Crippen molar-refractivity contribution in [3.8, 4) is 0 Å². The van der Waals surface area contributed by atoms with Crippen LogP contribution in [-0.4, -0.2) is 16.6 Å². The lowest BCUT2D eigenvalue weighted by Gasteiger charge is -2.18. The Kier molecular flexibility index (Phi) is 3.38. The topological polar surface area (TPSA) is 58.1 Å². The van der Waals surface area contributed by atoms with E-state index in [2.05, 4.69) is 20.9 Å². The number of H-pyrrole nitrogens is 1. The van der Waals surface area contributed by atoms with Crippen LogP contribution in [-0.2, 0) is 7.05 Å². The van der Waals surface area contributed by atoms with E-state index >= 15 is 0 Å². The predicted octanol–water partition coefficient (Wildman–Crippen LogP) is 1.60. The molecule has 0 aliphatic rings. The van der Waals surface area contributed by atoms with Crippen LogP contribution in [0.4, 0.5) is 11.5 Å². The Morgan fingerprint density at radius 3 is 2.39 bits per heavy atom. The Bertz CT molecular complexity index is 642. The summed E-state index contributed by atoms with van der Waals surface area (Å²) in [5, 5.41) is 0. The third kappa shape index (κ3) is 2.38. The standard InChI is InChI=1S/C12H12BrN3O2/c1-15(9-5-3-8(13)4-6-9)10-7-11(17)16(2)12(18)14-10/h3-7H,1-2H3,(H,14,18). The van der Waals surface area contributed by atoms with Crippen molar-refractivity contribution in [2.45, 2.75) is 0 Å². The fraction of sp³-hybridized carbons (Fsp3) is 0.167. The number of nitrogens with one attached hydrogen (secondary N) is 1. The van der Waals surface area contributed by atoms with E-state index in [1.54, 1.807) is 11.9 Å². The number of nitrogens with zero attached hydrogens (tertiary/aromatic N) is 2. The van der Waals surface area contributed by atoms with Gasteiger partial charge in [0.1, 0.15) is 5.82 Å². The zero-order valence-electron chi connectivity index (χ0n) is 9.98. The molecule has 0 unspecified atom stereocenters. The van der Waals surface area contributed by atoms with Crippen LogP contribution in [0.5, 0.6) is 0 Å². The van der Waals surface area contributed by atoms with Crippen LogP contribution in [0.3, 0.4) is 0 Å². The number of hydrogen-bond donors (Lipinski definition) is 1. The highest BCUT2D eigenvalue weighted by atomic mass is 79.9. The van der Waals surface area contributed by atoms with E-state index < -0.39 is 5.69 Å². The maximum Gasteiger partial charge on any atom is 0.329 e. The summed E-state index contributed by atoms with van der Waals surface area (Å²) in [4.78, 5) is 27.5. The molecule has 1 N–H and O–H groups in total.